The largest absolute Gasteiger partial charge is 0.487 e. The van der Waals surface area contributed by atoms with E-state index in [-0.39, 0.29) is 11.8 Å². The normalized spacial score (nSPS) is 17.3. The van der Waals surface area contributed by atoms with Crippen molar-refractivity contribution in [1.29, 1.82) is 0 Å². The van der Waals surface area contributed by atoms with Gasteiger partial charge in [-0.2, -0.15) is 0 Å². The number of hydrogen-bond donors (Lipinski definition) is 2. The van der Waals surface area contributed by atoms with Crippen LogP contribution in [0.5, 0.6) is 0 Å². The van der Waals surface area contributed by atoms with E-state index in [1.807, 2.05) is 0 Å². The minimum absolute atomic E-state index is 0.171. The van der Waals surface area contributed by atoms with E-state index >= 15 is 0 Å². The van der Waals surface area contributed by atoms with Crippen LogP contribution in [0.3, 0.4) is 0 Å². The van der Waals surface area contributed by atoms with Gasteiger partial charge in [0.2, 0.25) is 0 Å². The molecule has 3 rings (SSSR count). The lowest BCUT2D eigenvalue weighted by Crippen LogP contribution is -2.29. The summed E-state index contributed by atoms with van der Waals surface area (Å²) in [6.45, 7) is 4.49. The molecule has 1 fully saturated rings. The van der Waals surface area contributed by atoms with Crippen molar-refractivity contribution in [2.45, 2.75) is 19.3 Å². The van der Waals surface area contributed by atoms with E-state index < -0.39 is 0 Å². The molecule has 2 aliphatic heterocycles. The minimum atomic E-state index is -0.327. The molecule has 0 radical (unpaired) electrons. The van der Waals surface area contributed by atoms with Crippen molar-refractivity contribution in [1.82, 2.24) is 10.2 Å². The summed E-state index contributed by atoms with van der Waals surface area (Å²) in [6.07, 6.45) is 3.48. The van der Waals surface area contributed by atoms with E-state index in [0.717, 1.165) is 18.7 Å². The Bertz CT molecular complexity index is 672. The first-order valence-corrected chi connectivity index (χ1v) is 10.1. The van der Waals surface area contributed by atoms with E-state index in [0.29, 0.717) is 30.2 Å². The van der Waals surface area contributed by atoms with Crippen molar-refractivity contribution in [3.05, 3.63) is 41.0 Å². The molecule has 2 heterocycles. The molecule has 2 amide bonds. The van der Waals surface area contributed by atoms with E-state index in [1.165, 1.54) is 25.9 Å². The molecule has 0 bridgehead atoms. The number of anilines is 1. The SMILES string of the molecule is O=C(Nc1ccccc1C(=O)NCCCN1CCCC1)C1=CSCCO1. The average Bonchev–Trinajstić information content (AvgIpc) is 3.20. The molecular weight excluding hydrogens is 350 g/mol. The first kappa shape index (κ1) is 18.8. The fourth-order valence-electron chi connectivity index (χ4n) is 3.07. The molecule has 0 unspecified atom stereocenters. The van der Waals surface area contributed by atoms with E-state index in [2.05, 4.69) is 15.5 Å². The standard InChI is InChI=1S/C19H25N3O3S/c23-18(20-8-5-11-22-9-3-4-10-22)15-6-1-2-7-16(15)21-19(24)17-14-26-13-12-25-17/h1-2,6-7,14H,3-5,8-13H2,(H,20,23)(H,21,24). The molecule has 0 saturated carbocycles. The predicted octanol–water partition coefficient (Wildman–Crippen LogP) is 2.45. The van der Waals surface area contributed by atoms with Crippen LogP contribution >= 0.6 is 11.8 Å². The number of ether oxygens (including phenoxy) is 1. The molecule has 1 aromatic rings. The number of para-hydroxylation sites is 1. The van der Waals surface area contributed by atoms with Crippen LogP contribution in [0, 0.1) is 0 Å². The molecule has 7 heteroatoms. The summed E-state index contributed by atoms with van der Waals surface area (Å²) in [5.74, 6) is 0.636. The second-order valence-electron chi connectivity index (χ2n) is 6.36. The van der Waals surface area contributed by atoms with Gasteiger partial charge in [0, 0.05) is 17.7 Å². The van der Waals surface area contributed by atoms with Gasteiger partial charge in [-0.05, 0) is 51.0 Å². The summed E-state index contributed by atoms with van der Waals surface area (Å²) in [5.41, 5.74) is 0.959. The van der Waals surface area contributed by atoms with Crippen LogP contribution < -0.4 is 10.6 Å². The average molecular weight is 375 g/mol. The van der Waals surface area contributed by atoms with Crippen molar-refractivity contribution >= 4 is 29.3 Å². The highest BCUT2D eigenvalue weighted by Gasteiger charge is 2.18. The highest BCUT2D eigenvalue weighted by Crippen LogP contribution is 2.19. The van der Waals surface area contributed by atoms with Gasteiger partial charge in [-0.1, -0.05) is 12.1 Å². The third-order valence-corrected chi connectivity index (χ3v) is 5.21. The van der Waals surface area contributed by atoms with Crippen molar-refractivity contribution in [3.8, 4) is 0 Å². The first-order chi connectivity index (χ1) is 12.7. The Morgan fingerprint density at radius 2 is 1.96 bits per heavy atom. The molecule has 0 aliphatic carbocycles. The van der Waals surface area contributed by atoms with Gasteiger partial charge in [0.25, 0.3) is 11.8 Å². The van der Waals surface area contributed by atoms with Gasteiger partial charge in [-0.25, -0.2) is 0 Å². The number of thioether (sulfide) groups is 1. The molecular formula is C19H25N3O3S. The van der Waals surface area contributed by atoms with Gasteiger partial charge in [-0.3, -0.25) is 9.59 Å². The predicted molar refractivity (Wildman–Crippen MR) is 104 cm³/mol. The zero-order valence-electron chi connectivity index (χ0n) is 14.8. The van der Waals surface area contributed by atoms with E-state index in [9.17, 15) is 9.59 Å². The fourth-order valence-corrected chi connectivity index (χ4v) is 3.69. The molecule has 2 aliphatic rings. The van der Waals surface area contributed by atoms with Crippen LogP contribution in [-0.2, 0) is 9.53 Å². The molecule has 0 atom stereocenters. The lowest BCUT2D eigenvalue weighted by molar-refractivity contribution is -0.116. The highest BCUT2D eigenvalue weighted by molar-refractivity contribution is 8.02. The number of nitrogens with zero attached hydrogens (tertiary/aromatic N) is 1. The number of benzene rings is 1. The second kappa shape index (κ2) is 9.64. The van der Waals surface area contributed by atoms with Gasteiger partial charge in [0.15, 0.2) is 5.76 Å². The maximum Gasteiger partial charge on any atom is 0.291 e. The zero-order valence-corrected chi connectivity index (χ0v) is 15.6. The Morgan fingerprint density at radius 3 is 2.73 bits per heavy atom. The molecule has 1 saturated heterocycles. The monoisotopic (exact) mass is 375 g/mol. The third kappa shape index (κ3) is 5.25. The number of carbonyl (C=O) groups is 2. The lowest BCUT2D eigenvalue weighted by Gasteiger charge is -2.16. The van der Waals surface area contributed by atoms with E-state index in [1.54, 1.807) is 41.4 Å². The Hall–Kier alpha value is -1.99. The third-order valence-electron chi connectivity index (χ3n) is 4.43. The van der Waals surface area contributed by atoms with Crippen LogP contribution in [0.25, 0.3) is 0 Å². The van der Waals surface area contributed by atoms with Gasteiger partial charge >= 0.3 is 0 Å². The summed E-state index contributed by atoms with van der Waals surface area (Å²) in [4.78, 5) is 27.2. The van der Waals surface area contributed by atoms with Gasteiger partial charge in [0.05, 0.1) is 17.9 Å². The zero-order chi connectivity index (χ0) is 18.2. The number of rotatable bonds is 7. The maximum absolute atomic E-state index is 12.5. The summed E-state index contributed by atoms with van der Waals surface area (Å²) in [6, 6.07) is 7.04. The topological polar surface area (TPSA) is 70.7 Å². The summed E-state index contributed by atoms with van der Waals surface area (Å²) in [7, 11) is 0. The molecule has 0 aromatic heterocycles. The number of likely N-dealkylation sites (tertiary alicyclic amines) is 1. The Balaban J connectivity index is 1.52. The molecule has 1 aromatic carbocycles. The van der Waals surface area contributed by atoms with Crippen molar-refractivity contribution in [2.24, 2.45) is 0 Å². The van der Waals surface area contributed by atoms with Gasteiger partial charge in [-0.15, -0.1) is 11.8 Å². The Kier molecular flexibility index (Phi) is 6.96. The number of hydrogen-bond acceptors (Lipinski definition) is 5. The fraction of sp³-hybridized carbons (Fsp3) is 0.474. The van der Waals surface area contributed by atoms with E-state index in [4.69, 9.17) is 4.74 Å². The quantitative estimate of drug-likeness (QED) is 0.717. The molecule has 140 valence electrons. The number of amides is 2. The molecule has 6 nitrogen and oxygen atoms in total. The van der Waals surface area contributed by atoms with Crippen LogP contribution in [-0.4, -0.2) is 55.3 Å². The highest BCUT2D eigenvalue weighted by atomic mass is 32.2. The molecule has 2 N–H and O–H groups in total. The number of carbonyl (C=O) groups excluding carboxylic acids is 2. The van der Waals surface area contributed by atoms with Crippen molar-refractivity contribution < 1.29 is 14.3 Å². The molecule has 0 spiro atoms. The Labute approximate surface area is 158 Å². The van der Waals surface area contributed by atoms with Crippen LogP contribution in [0.4, 0.5) is 5.69 Å². The maximum atomic E-state index is 12.5. The van der Waals surface area contributed by atoms with Crippen LogP contribution in [0.15, 0.2) is 35.4 Å². The van der Waals surface area contributed by atoms with Gasteiger partial charge < -0.3 is 20.3 Å². The smallest absolute Gasteiger partial charge is 0.291 e. The summed E-state index contributed by atoms with van der Waals surface area (Å²) < 4.78 is 5.36. The first-order valence-electron chi connectivity index (χ1n) is 9.09. The second-order valence-corrected chi connectivity index (χ2v) is 7.34. The van der Waals surface area contributed by atoms with Crippen molar-refractivity contribution in [2.75, 3.05) is 43.9 Å². The molecule has 26 heavy (non-hydrogen) atoms. The summed E-state index contributed by atoms with van der Waals surface area (Å²) >= 11 is 1.55. The number of nitrogens with one attached hydrogen (secondary N) is 2. The van der Waals surface area contributed by atoms with Crippen LogP contribution in [0.1, 0.15) is 29.6 Å². The minimum Gasteiger partial charge on any atom is -0.487 e. The lowest BCUT2D eigenvalue weighted by atomic mass is 10.1. The Morgan fingerprint density at radius 1 is 1.15 bits per heavy atom. The summed E-state index contributed by atoms with van der Waals surface area (Å²) in [5, 5.41) is 7.44. The van der Waals surface area contributed by atoms with Gasteiger partial charge in [0.1, 0.15) is 0 Å². The van der Waals surface area contributed by atoms with Crippen molar-refractivity contribution in [3.63, 3.8) is 0 Å². The van der Waals surface area contributed by atoms with Crippen LogP contribution in [0.2, 0.25) is 0 Å².